The average Bonchev–Trinajstić information content (AvgIpc) is 2.77. The number of rotatable bonds is 4. The summed E-state index contributed by atoms with van der Waals surface area (Å²) in [6, 6.07) is 2.81. The normalized spacial score (nSPS) is 10.9. The number of nitrogen functional groups attached to an aromatic ring is 1. The number of aromatic nitrogens is 3. The van der Waals surface area contributed by atoms with Crippen molar-refractivity contribution in [3.05, 3.63) is 24.3 Å². The summed E-state index contributed by atoms with van der Waals surface area (Å²) >= 11 is 1.27. The Kier molecular flexibility index (Phi) is 3.71. The molecule has 0 saturated heterocycles. The van der Waals surface area contributed by atoms with Gasteiger partial charge in [-0.25, -0.2) is 9.37 Å². The van der Waals surface area contributed by atoms with Crippen LogP contribution in [-0.4, -0.2) is 21.3 Å². The lowest BCUT2D eigenvalue weighted by molar-refractivity contribution is 0.230. The number of hydrogen-bond donors (Lipinski definition) is 2. The van der Waals surface area contributed by atoms with Gasteiger partial charge in [0, 0.05) is 16.6 Å². The average molecular weight is 268 g/mol. The maximum absolute atomic E-state index is 13.6. The minimum atomic E-state index is -0.469. The predicted molar refractivity (Wildman–Crippen MR) is 67.1 cm³/mol. The highest BCUT2D eigenvalue weighted by Gasteiger charge is 2.12. The second kappa shape index (κ2) is 5.26. The fourth-order valence-electron chi connectivity index (χ4n) is 1.33. The van der Waals surface area contributed by atoms with Crippen molar-refractivity contribution in [2.24, 2.45) is 0 Å². The van der Waals surface area contributed by atoms with Gasteiger partial charge in [-0.1, -0.05) is 0 Å². The van der Waals surface area contributed by atoms with Gasteiger partial charge in [0.2, 0.25) is 0 Å². The first-order valence-electron chi connectivity index (χ1n) is 5.35. The van der Waals surface area contributed by atoms with Crippen molar-refractivity contribution in [1.29, 1.82) is 0 Å². The molecular weight excluding hydrogens is 255 g/mol. The first-order chi connectivity index (χ1) is 8.56. The van der Waals surface area contributed by atoms with E-state index in [9.17, 15) is 4.39 Å². The minimum absolute atomic E-state index is 0.105. The zero-order valence-electron chi connectivity index (χ0n) is 9.98. The molecule has 3 N–H and O–H groups in total. The number of H-pyrrole nitrogens is 1. The summed E-state index contributed by atoms with van der Waals surface area (Å²) in [4.78, 5) is 4.64. The highest BCUT2D eigenvalue weighted by atomic mass is 32.2. The van der Waals surface area contributed by atoms with Gasteiger partial charge in [-0.15, -0.1) is 0 Å². The van der Waals surface area contributed by atoms with Gasteiger partial charge in [0.25, 0.3) is 0 Å². The Balaban J connectivity index is 2.29. The fraction of sp³-hybridized carbons (Fsp3) is 0.273. The Labute approximate surface area is 108 Å². The third kappa shape index (κ3) is 2.92. The highest BCUT2D eigenvalue weighted by Crippen LogP contribution is 2.34. The number of halogens is 1. The van der Waals surface area contributed by atoms with Gasteiger partial charge in [-0.05, 0) is 31.7 Å². The molecule has 0 saturated carbocycles. The number of benzene rings is 1. The minimum Gasteiger partial charge on any atom is -0.488 e. The van der Waals surface area contributed by atoms with Crippen LogP contribution in [0.15, 0.2) is 28.5 Å². The van der Waals surface area contributed by atoms with Crippen molar-refractivity contribution in [1.82, 2.24) is 15.2 Å². The van der Waals surface area contributed by atoms with Gasteiger partial charge in [0.05, 0.1) is 6.10 Å². The van der Waals surface area contributed by atoms with E-state index < -0.39 is 5.82 Å². The first-order valence-corrected chi connectivity index (χ1v) is 6.17. The Morgan fingerprint density at radius 1 is 1.44 bits per heavy atom. The molecule has 0 aliphatic heterocycles. The van der Waals surface area contributed by atoms with Crippen LogP contribution in [0.4, 0.5) is 10.1 Å². The molecule has 5 nitrogen and oxygen atoms in total. The summed E-state index contributed by atoms with van der Waals surface area (Å²) < 4.78 is 19.0. The lowest BCUT2D eigenvalue weighted by atomic mass is 10.3. The van der Waals surface area contributed by atoms with E-state index in [1.165, 1.54) is 24.2 Å². The van der Waals surface area contributed by atoms with Gasteiger partial charge in [-0.2, -0.15) is 5.10 Å². The lowest BCUT2D eigenvalue weighted by Crippen LogP contribution is -2.07. The Morgan fingerprint density at radius 3 is 2.83 bits per heavy atom. The summed E-state index contributed by atoms with van der Waals surface area (Å²) in [7, 11) is 0. The van der Waals surface area contributed by atoms with Crippen molar-refractivity contribution in [3.8, 4) is 5.75 Å². The molecule has 0 spiro atoms. The Hall–Kier alpha value is -1.76. The molecule has 0 amide bonds. The van der Waals surface area contributed by atoms with Crippen LogP contribution in [0.1, 0.15) is 13.8 Å². The van der Waals surface area contributed by atoms with Crippen molar-refractivity contribution in [2.45, 2.75) is 30.0 Å². The van der Waals surface area contributed by atoms with Crippen LogP contribution in [0.5, 0.6) is 5.75 Å². The fourth-order valence-corrected chi connectivity index (χ4v) is 2.08. The molecule has 2 aromatic rings. The summed E-state index contributed by atoms with van der Waals surface area (Å²) in [6.07, 6.45) is 1.29. The van der Waals surface area contributed by atoms with Gasteiger partial charge in [0.1, 0.15) is 6.33 Å². The summed E-state index contributed by atoms with van der Waals surface area (Å²) in [5.41, 5.74) is 6.10. The summed E-state index contributed by atoms with van der Waals surface area (Å²) in [6.45, 7) is 3.66. The number of hydrogen-bond acceptors (Lipinski definition) is 5. The third-order valence-corrected chi connectivity index (χ3v) is 2.99. The third-order valence-electron chi connectivity index (χ3n) is 2.03. The first kappa shape index (κ1) is 12.7. The van der Waals surface area contributed by atoms with E-state index in [0.29, 0.717) is 15.7 Å². The number of ether oxygens (including phenoxy) is 1. The molecule has 0 atom stereocenters. The van der Waals surface area contributed by atoms with E-state index in [2.05, 4.69) is 15.2 Å². The second-order valence-corrected chi connectivity index (χ2v) is 4.91. The monoisotopic (exact) mass is 268 g/mol. The standard InChI is InChI=1S/C11H13FN4OS/c1-6(2)17-9-4-10(8(13)3-7(9)12)18-11-14-5-15-16-11/h3-6H,13H2,1-2H3,(H,14,15,16). The van der Waals surface area contributed by atoms with Crippen molar-refractivity contribution < 1.29 is 9.13 Å². The van der Waals surface area contributed by atoms with Crippen LogP contribution in [0, 0.1) is 5.82 Å². The number of aromatic amines is 1. The van der Waals surface area contributed by atoms with Gasteiger partial charge < -0.3 is 10.5 Å². The molecule has 0 aliphatic rings. The molecule has 0 bridgehead atoms. The molecule has 7 heteroatoms. The molecule has 1 aromatic carbocycles. The number of nitrogens with two attached hydrogens (primary N) is 1. The van der Waals surface area contributed by atoms with Crippen LogP contribution in [-0.2, 0) is 0 Å². The molecule has 0 unspecified atom stereocenters. The van der Waals surface area contributed by atoms with Gasteiger partial charge >= 0.3 is 0 Å². The summed E-state index contributed by atoms with van der Waals surface area (Å²) in [5, 5.41) is 7.02. The van der Waals surface area contributed by atoms with E-state index in [4.69, 9.17) is 10.5 Å². The number of nitrogens with one attached hydrogen (secondary N) is 1. The van der Waals surface area contributed by atoms with E-state index in [1.54, 1.807) is 6.07 Å². The van der Waals surface area contributed by atoms with Crippen molar-refractivity contribution in [2.75, 3.05) is 5.73 Å². The van der Waals surface area contributed by atoms with Crippen LogP contribution in [0.3, 0.4) is 0 Å². The van der Waals surface area contributed by atoms with Crippen molar-refractivity contribution in [3.63, 3.8) is 0 Å². The maximum Gasteiger partial charge on any atom is 0.188 e. The molecule has 0 fully saturated rings. The van der Waals surface area contributed by atoms with E-state index in [-0.39, 0.29) is 11.9 Å². The highest BCUT2D eigenvalue weighted by molar-refractivity contribution is 7.99. The van der Waals surface area contributed by atoms with E-state index in [1.807, 2.05) is 13.8 Å². The molecule has 96 valence electrons. The number of anilines is 1. The lowest BCUT2D eigenvalue weighted by Gasteiger charge is -2.13. The SMILES string of the molecule is CC(C)Oc1cc(Sc2ncn[nH]2)c(N)cc1F. The van der Waals surface area contributed by atoms with Crippen LogP contribution in [0.2, 0.25) is 0 Å². The smallest absolute Gasteiger partial charge is 0.188 e. The molecule has 18 heavy (non-hydrogen) atoms. The number of nitrogens with zero attached hydrogens (tertiary/aromatic N) is 2. The molecule has 0 radical (unpaired) electrons. The molecular formula is C11H13FN4OS. The van der Waals surface area contributed by atoms with Crippen LogP contribution in [0.25, 0.3) is 0 Å². The zero-order chi connectivity index (χ0) is 13.1. The van der Waals surface area contributed by atoms with Gasteiger partial charge in [0.15, 0.2) is 16.7 Å². The summed E-state index contributed by atoms with van der Waals surface area (Å²) in [5.74, 6) is -0.288. The van der Waals surface area contributed by atoms with E-state index in [0.717, 1.165) is 0 Å². The largest absolute Gasteiger partial charge is 0.488 e. The van der Waals surface area contributed by atoms with E-state index >= 15 is 0 Å². The maximum atomic E-state index is 13.6. The van der Waals surface area contributed by atoms with Crippen LogP contribution >= 0.6 is 11.8 Å². The molecule has 0 aliphatic carbocycles. The van der Waals surface area contributed by atoms with Gasteiger partial charge in [-0.3, -0.25) is 5.10 Å². The molecule has 2 rings (SSSR count). The van der Waals surface area contributed by atoms with Crippen LogP contribution < -0.4 is 10.5 Å². The molecule has 1 heterocycles. The molecule has 1 aromatic heterocycles. The zero-order valence-corrected chi connectivity index (χ0v) is 10.8. The Morgan fingerprint density at radius 2 is 2.22 bits per heavy atom. The second-order valence-electron chi connectivity index (χ2n) is 3.88. The van der Waals surface area contributed by atoms with Crippen molar-refractivity contribution >= 4 is 17.4 Å². The topological polar surface area (TPSA) is 76.8 Å². The Bertz CT molecular complexity index is 530. The predicted octanol–water partition coefficient (Wildman–Crippen LogP) is 2.46. The quantitative estimate of drug-likeness (QED) is 0.833.